The Hall–Kier alpha value is -1.74. The number of rotatable bonds is 6. The quantitative estimate of drug-likeness (QED) is 0.682. The topological polar surface area (TPSA) is 89.7 Å². The Morgan fingerprint density at radius 3 is 2.89 bits per heavy atom. The lowest BCUT2D eigenvalue weighted by molar-refractivity contribution is 0.299. The predicted octanol–water partition coefficient (Wildman–Crippen LogP) is -0.215. The van der Waals surface area contributed by atoms with Crippen LogP contribution < -0.4 is 4.74 Å². The number of fused-ring (bicyclic) bond motifs is 1. The van der Waals surface area contributed by atoms with E-state index in [0.717, 1.165) is 0 Å². The van der Waals surface area contributed by atoms with Crippen LogP contribution >= 0.6 is 0 Å². The second kappa shape index (κ2) is 5.49. The van der Waals surface area contributed by atoms with E-state index >= 15 is 0 Å². The molecule has 104 valence electrons. The van der Waals surface area contributed by atoms with Crippen LogP contribution in [-0.2, 0) is 10.0 Å². The van der Waals surface area contributed by atoms with Crippen LogP contribution in [-0.4, -0.2) is 59.0 Å². The summed E-state index contributed by atoms with van der Waals surface area (Å²) in [5.74, 6) is 0.436. The highest BCUT2D eigenvalue weighted by atomic mass is 32.2. The minimum absolute atomic E-state index is 0.0472. The van der Waals surface area contributed by atoms with Crippen LogP contribution in [0.25, 0.3) is 5.65 Å². The maximum absolute atomic E-state index is 11.5. The lowest BCUT2D eigenvalue weighted by atomic mass is 10.5. The van der Waals surface area contributed by atoms with E-state index < -0.39 is 10.0 Å². The van der Waals surface area contributed by atoms with Gasteiger partial charge >= 0.3 is 0 Å². The fourth-order valence-electron chi connectivity index (χ4n) is 1.38. The standard InChI is InChI=1S/C10H15N5O3S/c1-14(2)19(16,17)7-3-6-18-10-5-4-9-11-8-12-15(9)13-10/h4-5,8H,3,6-7H2,1-2H3. The van der Waals surface area contributed by atoms with Gasteiger partial charge in [-0.25, -0.2) is 17.7 Å². The molecule has 0 aliphatic carbocycles. The molecule has 0 aliphatic heterocycles. The highest BCUT2D eigenvalue weighted by Gasteiger charge is 2.12. The molecule has 0 radical (unpaired) electrons. The molecule has 0 aliphatic rings. The fraction of sp³-hybridized carbons (Fsp3) is 0.500. The first-order valence-electron chi connectivity index (χ1n) is 5.69. The van der Waals surface area contributed by atoms with Crippen molar-refractivity contribution in [3.8, 4) is 5.88 Å². The first-order valence-corrected chi connectivity index (χ1v) is 7.30. The van der Waals surface area contributed by atoms with Crippen LogP contribution in [0.15, 0.2) is 18.5 Å². The van der Waals surface area contributed by atoms with Crippen LogP contribution in [0.3, 0.4) is 0 Å². The van der Waals surface area contributed by atoms with Crippen molar-refractivity contribution < 1.29 is 13.2 Å². The van der Waals surface area contributed by atoms with Gasteiger partial charge in [-0.3, -0.25) is 0 Å². The molecule has 8 nitrogen and oxygen atoms in total. The molecule has 2 rings (SSSR count). The first kappa shape index (κ1) is 13.7. The molecule has 2 aromatic rings. The normalized spacial score (nSPS) is 12.2. The van der Waals surface area contributed by atoms with Gasteiger partial charge in [0.25, 0.3) is 0 Å². The molecule has 0 saturated carbocycles. The fourth-order valence-corrected chi connectivity index (χ4v) is 2.23. The zero-order valence-corrected chi connectivity index (χ0v) is 11.5. The number of hydrogen-bond donors (Lipinski definition) is 0. The summed E-state index contributed by atoms with van der Waals surface area (Å²) >= 11 is 0. The molecule has 0 spiro atoms. The smallest absolute Gasteiger partial charge is 0.233 e. The monoisotopic (exact) mass is 285 g/mol. The van der Waals surface area contributed by atoms with Gasteiger partial charge < -0.3 is 4.74 Å². The molecule has 0 fully saturated rings. The average molecular weight is 285 g/mol. The molecule has 0 unspecified atom stereocenters. The third-order valence-electron chi connectivity index (χ3n) is 2.48. The van der Waals surface area contributed by atoms with Gasteiger partial charge in [0, 0.05) is 20.2 Å². The van der Waals surface area contributed by atoms with E-state index in [-0.39, 0.29) is 12.4 Å². The van der Waals surface area contributed by atoms with Crippen LogP contribution in [0.5, 0.6) is 5.88 Å². The van der Waals surface area contributed by atoms with E-state index in [9.17, 15) is 8.42 Å². The largest absolute Gasteiger partial charge is 0.477 e. The molecule has 2 aromatic heterocycles. The van der Waals surface area contributed by atoms with Gasteiger partial charge in [-0.05, 0) is 12.5 Å². The summed E-state index contributed by atoms with van der Waals surface area (Å²) in [7, 11) is -0.152. The van der Waals surface area contributed by atoms with Crippen molar-refractivity contribution in [2.75, 3.05) is 26.5 Å². The summed E-state index contributed by atoms with van der Waals surface area (Å²) in [5, 5.41) is 7.95. The zero-order valence-electron chi connectivity index (χ0n) is 10.7. The van der Waals surface area contributed by atoms with Crippen molar-refractivity contribution >= 4 is 15.7 Å². The van der Waals surface area contributed by atoms with E-state index in [4.69, 9.17) is 4.74 Å². The predicted molar refractivity (Wildman–Crippen MR) is 68.4 cm³/mol. The molecule has 0 bridgehead atoms. The molecular formula is C10H15N5O3S. The van der Waals surface area contributed by atoms with Crippen molar-refractivity contribution in [1.82, 2.24) is 24.1 Å². The van der Waals surface area contributed by atoms with Gasteiger partial charge in [0.05, 0.1) is 12.4 Å². The number of nitrogens with zero attached hydrogens (tertiary/aromatic N) is 5. The lowest BCUT2D eigenvalue weighted by Crippen LogP contribution is -2.25. The van der Waals surface area contributed by atoms with Crippen LogP contribution in [0.2, 0.25) is 0 Å². The van der Waals surface area contributed by atoms with Crippen LogP contribution in [0, 0.1) is 0 Å². The van der Waals surface area contributed by atoms with Gasteiger partial charge in [0.15, 0.2) is 5.65 Å². The average Bonchev–Trinajstić information content (AvgIpc) is 2.81. The van der Waals surface area contributed by atoms with Crippen molar-refractivity contribution in [1.29, 1.82) is 0 Å². The van der Waals surface area contributed by atoms with Crippen molar-refractivity contribution in [3.63, 3.8) is 0 Å². The zero-order chi connectivity index (χ0) is 13.9. The van der Waals surface area contributed by atoms with E-state index in [1.165, 1.54) is 29.4 Å². The Labute approximate surface area is 111 Å². The Bertz CT molecular complexity index is 652. The summed E-state index contributed by atoms with van der Waals surface area (Å²) in [6.07, 6.45) is 1.80. The second-order valence-corrected chi connectivity index (χ2v) is 6.38. The molecular weight excluding hydrogens is 270 g/mol. The van der Waals surface area contributed by atoms with E-state index in [2.05, 4.69) is 15.2 Å². The number of ether oxygens (including phenoxy) is 1. The second-order valence-electron chi connectivity index (χ2n) is 4.08. The van der Waals surface area contributed by atoms with E-state index in [1.807, 2.05) is 0 Å². The Morgan fingerprint density at radius 1 is 1.37 bits per heavy atom. The third kappa shape index (κ3) is 3.38. The molecule has 0 amide bonds. The van der Waals surface area contributed by atoms with Gasteiger partial charge in [-0.1, -0.05) is 0 Å². The Morgan fingerprint density at radius 2 is 2.16 bits per heavy atom. The van der Waals surface area contributed by atoms with Gasteiger partial charge in [0.2, 0.25) is 15.9 Å². The molecule has 0 N–H and O–H groups in total. The molecule has 9 heteroatoms. The summed E-state index contributed by atoms with van der Waals surface area (Å²) in [4.78, 5) is 3.96. The van der Waals surface area contributed by atoms with Crippen LogP contribution in [0.4, 0.5) is 0 Å². The van der Waals surface area contributed by atoms with Crippen molar-refractivity contribution in [2.24, 2.45) is 0 Å². The van der Waals surface area contributed by atoms with E-state index in [0.29, 0.717) is 17.9 Å². The minimum atomic E-state index is -3.17. The lowest BCUT2D eigenvalue weighted by Gasteiger charge is -2.11. The van der Waals surface area contributed by atoms with Gasteiger partial charge in [0.1, 0.15) is 6.33 Å². The summed E-state index contributed by atoms with van der Waals surface area (Å²) in [5.41, 5.74) is 0.627. The maximum atomic E-state index is 11.5. The van der Waals surface area contributed by atoms with E-state index in [1.54, 1.807) is 12.1 Å². The summed E-state index contributed by atoms with van der Waals surface area (Å²) < 4.78 is 31.0. The SMILES string of the molecule is CN(C)S(=O)(=O)CCCOc1ccc2ncnn2n1. The molecule has 19 heavy (non-hydrogen) atoms. The van der Waals surface area contributed by atoms with Crippen molar-refractivity contribution in [3.05, 3.63) is 18.5 Å². The number of sulfonamides is 1. The third-order valence-corrected chi connectivity index (χ3v) is 4.39. The summed E-state index contributed by atoms with van der Waals surface area (Å²) in [6, 6.07) is 3.40. The van der Waals surface area contributed by atoms with Gasteiger partial charge in [-0.15, -0.1) is 14.8 Å². The Kier molecular flexibility index (Phi) is 3.96. The minimum Gasteiger partial charge on any atom is -0.477 e. The molecule has 0 atom stereocenters. The molecule has 0 aromatic carbocycles. The highest BCUT2D eigenvalue weighted by Crippen LogP contribution is 2.07. The summed E-state index contributed by atoms with van der Waals surface area (Å²) in [6.45, 7) is 0.278. The highest BCUT2D eigenvalue weighted by molar-refractivity contribution is 7.89. The van der Waals surface area contributed by atoms with Crippen molar-refractivity contribution in [2.45, 2.75) is 6.42 Å². The molecule has 2 heterocycles. The van der Waals surface area contributed by atoms with Crippen LogP contribution in [0.1, 0.15) is 6.42 Å². The van der Waals surface area contributed by atoms with Gasteiger partial charge in [-0.2, -0.15) is 0 Å². The maximum Gasteiger partial charge on any atom is 0.233 e. The molecule has 0 saturated heterocycles. The number of hydrogen-bond acceptors (Lipinski definition) is 6. The first-order chi connectivity index (χ1) is 8.99. The number of aromatic nitrogens is 4. The Balaban J connectivity index is 1.86.